The third kappa shape index (κ3) is 4.06. The minimum atomic E-state index is -2.17. The number of amides is 4. The zero-order valence-corrected chi connectivity index (χ0v) is 26.7. The van der Waals surface area contributed by atoms with Crippen LogP contribution in [0.25, 0.3) is 0 Å². The van der Waals surface area contributed by atoms with Crippen LogP contribution in [0.1, 0.15) is 34.7 Å². The predicted molar refractivity (Wildman–Crippen MR) is 162 cm³/mol. The molecule has 12 nitrogen and oxygen atoms in total. The first kappa shape index (κ1) is 31.2. The van der Waals surface area contributed by atoms with E-state index in [-0.39, 0.29) is 46.8 Å². The fraction of sp³-hybridized carbons (Fsp3) is 0.367. The molecule has 0 spiro atoms. The maximum Gasteiger partial charge on any atom is 0.339 e. The number of anilines is 1. The zero-order chi connectivity index (χ0) is 32.7. The number of rotatable bonds is 6. The van der Waals surface area contributed by atoms with Crippen molar-refractivity contribution in [1.82, 2.24) is 4.90 Å². The quantitative estimate of drug-likeness (QED) is 0.173. The second-order valence-electron chi connectivity index (χ2n) is 11.3. The van der Waals surface area contributed by atoms with Gasteiger partial charge in [-0.05, 0) is 30.9 Å². The van der Waals surface area contributed by atoms with E-state index in [4.69, 9.17) is 32.7 Å². The topological polar surface area (TPSA) is 171 Å². The second kappa shape index (κ2) is 10.6. The number of carboxylic acids is 1. The van der Waals surface area contributed by atoms with Crippen molar-refractivity contribution in [3.63, 3.8) is 0 Å². The molecule has 0 unspecified atom stereocenters. The van der Waals surface area contributed by atoms with E-state index >= 15 is 0 Å². The van der Waals surface area contributed by atoms with Crippen LogP contribution in [0.4, 0.5) is 5.69 Å². The molecule has 2 aliphatic carbocycles. The van der Waals surface area contributed by atoms with Gasteiger partial charge in [0.15, 0.2) is 9.75 Å². The van der Waals surface area contributed by atoms with E-state index in [1.54, 1.807) is 6.08 Å². The number of likely N-dealkylation sites (tertiary alicyclic amines) is 1. The van der Waals surface area contributed by atoms with Gasteiger partial charge in [-0.3, -0.25) is 24.1 Å². The average Bonchev–Trinajstić information content (AvgIpc) is 3.34. The molecule has 0 radical (unpaired) electrons. The molecular weight excluding hydrogens is 699 g/mol. The number of halogens is 3. The Labute approximate surface area is 274 Å². The molecule has 3 N–H and O–H groups in total. The van der Waals surface area contributed by atoms with Gasteiger partial charge in [0, 0.05) is 29.7 Å². The van der Waals surface area contributed by atoms with Crippen LogP contribution in [0.3, 0.4) is 0 Å². The predicted octanol–water partition coefficient (Wildman–Crippen LogP) is 3.73. The molecule has 45 heavy (non-hydrogen) atoms. The highest BCUT2D eigenvalue weighted by atomic mass is 79.9. The highest BCUT2D eigenvalue weighted by Crippen LogP contribution is 2.67. The van der Waals surface area contributed by atoms with Crippen LogP contribution in [0.15, 0.2) is 42.0 Å². The standard InChI is InChI=1S/C30H25BrCl2N2O10/c1-44-13-8-19(37)22(20(9-13)45-2)23-14-5-6-16-21(17(14)10-29(32)27(42)34(11-31)28(43)30(23,29)33)25(39)35(24(16)38)12-3-4-15(26(40)41)18(36)7-12/h3-5,7-9,16-17,21,23,36-37H,6,10-11H2,1-2H3,(H,40,41)/t16-,17+,21-,23+,29+,30-/m0/s1. The number of phenolic OH excluding ortho intramolecular Hbond substituents is 1. The van der Waals surface area contributed by atoms with Gasteiger partial charge >= 0.3 is 5.97 Å². The average molecular weight is 724 g/mol. The summed E-state index contributed by atoms with van der Waals surface area (Å²) in [4.78, 5) is 64.6. The summed E-state index contributed by atoms with van der Waals surface area (Å²) in [5, 5.41) is 30.9. The number of ether oxygens (including phenoxy) is 2. The van der Waals surface area contributed by atoms with Crippen LogP contribution in [0.2, 0.25) is 0 Å². The van der Waals surface area contributed by atoms with Crippen molar-refractivity contribution in [2.24, 2.45) is 17.8 Å². The largest absolute Gasteiger partial charge is 0.507 e. The van der Waals surface area contributed by atoms with Crippen LogP contribution in [0, 0.1) is 17.8 Å². The molecule has 6 rings (SSSR count). The minimum Gasteiger partial charge on any atom is -0.507 e. The number of phenols is 2. The molecule has 2 saturated heterocycles. The van der Waals surface area contributed by atoms with Gasteiger partial charge in [-0.25, -0.2) is 9.69 Å². The molecule has 2 aromatic rings. The van der Waals surface area contributed by atoms with E-state index in [9.17, 15) is 39.3 Å². The van der Waals surface area contributed by atoms with E-state index in [1.807, 2.05) is 0 Å². The maximum absolute atomic E-state index is 14.1. The Balaban J connectivity index is 1.53. The Morgan fingerprint density at radius 1 is 1.00 bits per heavy atom. The molecule has 0 bridgehead atoms. The van der Waals surface area contributed by atoms with Gasteiger partial charge in [-0.15, -0.1) is 23.2 Å². The first-order valence-corrected chi connectivity index (χ1v) is 15.5. The summed E-state index contributed by atoms with van der Waals surface area (Å²) in [6.07, 6.45) is 1.44. The van der Waals surface area contributed by atoms with Gasteiger partial charge in [0.1, 0.15) is 28.6 Å². The van der Waals surface area contributed by atoms with Crippen LogP contribution in [-0.2, 0) is 19.2 Å². The molecule has 1 saturated carbocycles. The number of imide groups is 2. The Hall–Kier alpha value is -3.81. The number of carbonyl (C=O) groups excluding carboxylic acids is 4. The van der Waals surface area contributed by atoms with Gasteiger partial charge in [0.2, 0.25) is 11.8 Å². The Bertz CT molecular complexity index is 1750. The fourth-order valence-corrected chi connectivity index (χ4v) is 8.74. The van der Waals surface area contributed by atoms with Crippen LogP contribution in [-0.4, -0.2) is 79.2 Å². The fourth-order valence-electron chi connectivity index (χ4n) is 7.33. The number of allylic oxidation sites excluding steroid dienone is 2. The number of alkyl halides is 3. The summed E-state index contributed by atoms with van der Waals surface area (Å²) in [6.45, 7) is 0. The Morgan fingerprint density at radius 2 is 1.71 bits per heavy atom. The molecule has 4 aliphatic rings. The van der Waals surface area contributed by atoms with Crippen LogP contribution < -0.4 is 14.4 Å². The summed E-state index contributed by atoms with van der Waals surface area (Å²) in [5.74, 6) is -9.08. The maximum atomic E-state index is 14.1. The van der Waals surface area contributed by atoms with Crippen molar-refractivity contribution in [3.8, 4) is 23.0 Å². The first-order chi connectivity index (χ1) is 21.3. The number of aromatic carboxylic acids is 1. The van der Waals surface area contributed by atoms with E-state index in [1.165, 1.54) is 32.4 Å². The van der Waals surface area contributed by atoms with Crippen molar-refractivity contribution in [2.75, 3.05) is 24.6 Å². The smallest absolute Gasteiger partial charge is 0.339 e. The monoisotopic (exact) mass is 722 g/mol. The van der Waals surface area contributed by atoms with Crippen molar-refractivity contribution >= 4 is 74.4 Å². The summed E-state index contributed by atoms with van der Waals surface area (Å²) < 4.78 is 10.9. The number of nitrogens with zero attached hydrogens (tertiary/aromatic N) is 2. The van der Waals surface area contributed by atoms with E-state index in [2.05, 4.69) is 15.9 Å². The molecule has 6 atom stereocenters. The highest BCUT2D eigenvalue weighted by Gasteiger charge is 2.76. The van der Waals surface area contributed by atoms with Crippen molar-refractivity contribution in [1.29, 1.82) is 0 Å². The molecule has 236 valence electrons. The number of fused-ring (bicyclic) bond motifs is 4. The summed E-state index contributed by atoms with van der Waals surface area (Å²) in [6, 6.07) is 6.13. The first-order valence-electron chi connectivity index (χ1n) is 13.7. The molecule has 0 aromatic heterocycles. The lowest BCUT2D eigenvalue weighted by Gasteiger charge is -2.51. The van der Waals surface area contributed by atoms with E-state index in [0.717, 1.165) is 21.9 Å². The van der Waals surface area contributed by atoms with Gasteiger partial charge in [-0.1, -0.05) is 27.6 Å². The van der Waals surface area contributed by atoms with Crippen LogP contribution in [0.5, 0.6) is 23.0 Å². The van der Waals surface area contributed by atoms with Crippen LogP contribution >= 0.6 is 39.1 Å². The van der Waals surface area contributed by atoms with Gasteiger partial charge in [-0.2, -0.15) is 0 Å². The summed E-state index contributed by atoms with van der Waals surface area (Å²) >= 11 is 17.6. The van der Waals surface area contributed by atoms with Gasteiger partial charge in [0.05, 0.1) is 37.2 Å². The third-order valence-electron chi connectivity index (χ3n) is 9.32. The van der Waals surface area contributed by atoms with Gasteiger partial charge < -0.3 is 24.8 Å². The normalized spacial score (nSPS) is 30.6. The summed E-state index contributed by atoms with van der Waals surface area (Å²) in [5.41, 5.74) is -0.192. The van der Waals surface area contributed by atoms with Crippen molar-refractivity contribution in [2.45, 2.75) is 28.5 Å². The molecule has 2 heterocycles. The molecule has 2 aromatic carbocycles. The Morgan fingerprint density at radius 3 is 2.31 bits per heavy atom. The molecule has 15 heteroatoms. The minimum absolute atomic E-state index is 0.0323. The number of benzene rings is 2. The number of aromatic hydroxyl groups is 2. The number of methoxy groups -OCH3 is 2. The third-order valence-corrected chi connectivity index (χ3v) is 11.2. The molecule has 4 amide bonds. The molecule has 3 fully saturated rings. The number of carbonyl (C=O) groups is 5. The number of hydrogen-bond acceptors (Lipinski definition) is 9. The highest BCUT2D eigenvalue weighted by molar-refractivity contribution is 9.09. The lowest BCUT2D eigenvalue weighted by atomic mass is 9.56. The van der Waals surface area contributed by atoms with E-state index in [0.29, 0.717) is 5.57 Å². The zero-order valence-electron chi connectivity index (χ0n) is 23.6. The van der Waals surface area contributed by atoms with Crippen molar-refractivity contribution in [3.05, 3.63) is 53.1 Å². The summed E-state index contributed by atoms with van der Waals surface area (Å²) in [7, 11) is 2.73. The van der Waals surface area contributed by atoms with Gasteiger partial charge in [0.25, 0.3) is 11.8 Å². The lowest BCUT2D eigenvalue weighted by molar-refractivity contribution is -0.138. The van der Waals surface area contributed by atoms with Crippen molar-refractivity contribution < 1.29 is 48.8 Å². The number of carboxylic acid groups (broad SMARTS) is 1. The Kier molecular flexibility index (Phi) is 7.37. The SMILES string of the molecule is COc1cc(O)c([C@H]2C3=CC[C@@H]4C(=O)N(c5ccc(C(=O)O)c(O)c5)C(=O)[C@@H]4[C@@H]3C[C@@]3(Cl)C(=O)N(CBr)C(=O)[C@@]23Cl)c(OC)c1. The molecular formula is C30H25BrCl2N2O10. The lowest BCUT2D eigenvalue weighted by Crippen LogP contribution is -2.60. The van der Waals surface area contributed by atoms with E-state index < -0.39 is 74.3 Å². The second-order valence-corrected chi connectivity index (χ2v) is 13.0. The number of hydrogen-bond donors (Lipinski definition) is 3. The molecule has 2 aliphatic heterocycles.